The minimum atomic E-state index is -1.14. The van der Waals surface area contributed by atoms with Gasteiger partial charge in [0.1, 0.15) is 23.4 Å². The smallest absolute Gasteiger partial charge is 0.256 e. The monoisotopic (exact) mass is 520 g/mol. The number of pyridine rings is 1. The molecule has 2 fully saturated rings. The second-order valence-corrected chi connectivity index (χ2v) is 9.33. The molecule has 3 aromatic rings. The third kappa shape index (κ3) is 5.12. The Morgan fingerprint density at radius 1 is 0.921 bits per heavy atom. The molecule has 0 aliphatic carbocycles. The van der Waals surface area contributed by atoms with Crippen LogP contribution in [-0.2, 0) is 16.1 Å². The number of nitrogens with zero attached hydrogens (tertiary/aromatic N) is 3. The maximum absolute atomic E-state index is 14.0. The van der Waals surface area contributed by atoms with Crippen molar-refractivity contribution in [2.75, 3.05) is 19.7 Å². The molecule has 196 valence electrons. The molecule has 2 aliphatic rings. The Kier molecular flexibility index (Phi) is 7.15. The molecule has 1 atom stereocenters. The van der Waals surface area contributed by atoms with E-state index in [1.165, 1.54) is 47.4 Å². The normalized spacial score (nSPS) is 18.4. The fraction of sp³-hybridized carbons (Fsp3) is 0.286. The van der Waals surface area contributed by atoms with Gasteiger partial charge in [0, 0.05) is 56.0 Å². The number of halogens is 2. The van der Waals surface area contributed by atoms with Crippen LogP contribution in [0.25, 0.3) is 0 Å². The van der Waals surface area contributed by atoms with Gasteiger partial charge < -0.3 is 15.0 Å². The standard InChI is InChI=1S/C28H26F2N4O4/c29-22-6-4-20(5-7-22)26(36)33-14-10-28(11-15-33)34(27(37)21-2-1-3-23(30)16-21)24(18-38-28)25(35)32-17-19-8-12-31-13-9-19/h1-9,12-13,16,24H,10-11,14-15,17-18H2,(H,32,35). The van der Waals surface area contributed by atoms with Crippen LogP contribution < -0.4 is 5.32 Å². The number of ether oxygens (including phenoxy) is 1. The van der Waals surface area contributed by atoms with Gasteiger partial charge in [0.15, 0.2) is 0 Å². The highest BCUT2D eigenvalue weighted by atomic mass is 19.1. The number of amides is 3. The summed E-state index contributed by atoms with van der Waals surface area (Å²) in [4.78, 5) is 46.9. The van der Waals surface area contributed by atoms with E-state index in [0.717, 1.165) is 11.6 Å². The van der Waals surface area contributed by atoms with Crippen LogP contribution in [0.15, 0.2) is 73.1 Å². The molecule has 10 heteroatoms. The minimum absolute atomic E-state index is 0.0326. The molecule has 2 aliphatic heterocycles. The van der Waals surface area contributed by atoms with Crippen molar-refractivity contribution in [1.29, 1.82) is 0 Å². The Morgan fingerprint density at radius 2 is 1.63 bits per heavy atom. The zero-order valence-corrected chi connectivity index (χ0v) is 20.5. The van der Waals surface area contributed by atoms with E-state index in [-0.39, 0.29) is 50.6 Å². The lowest BCUT2D eigenvalue weighted by atomic mass is 9.96. The SMILES string of the molecule is O=C(NCc1ccncc1)C1COC2(CCN(C(=O)c3ccc(F)cc3)CC2)N1C(=O)c1cccc(F)c1. The van der Waals surface area contributed by atoms with Gasteiger partial charge in [-0.1, -0.05) is 6.07 Å². The van der Waals surface area contributed by atoms with E-state index in [1.807, 2.05) is 0 Å². The number of rotatable bonds is 5. The number of likely N-dealkylation sites (tertiary alicyclic amines) is 1. The van der Waals surface area contributed by atoms with Crippen LogP contribution in [0.1, 0.15) is 39.1 Å². The molecule has 5 rings (SSSR count). The number of carbonyl (C=O) groups excluding carboxylic acids is 3. The van der Waals surface area contributed by atoms with Crippen LogP contribution in [-0.4, -0.2) is 64.0 Å². The topological polar surface area (TPSA) is 91.8 Å². The minimum Gasteiger partial charge on any atom is -0.353 e. The highest BCUT2D eigenvalue weighted by Crippen LogP contribution is 2.39. The molecular formula is C28H26F2N4O4. The predicted octanol–water partition coefficient (Wildman–Crippen LogP) is 3.15. The maximum atomic E-state index is 14.0. The Morgan fingerprint density at radius 3 is 2.32 bits per heavy atom. The van der Waals surface area contributed by atoms with Crippen molar-refractivity contribution >= 4 is 17.7 Å². The lowest BCUT2D eigenvalue weighted by Gasteiger charge is -2.44. The highest BCUT2D eigenvalue weighted by Gasteiger charge is 2.54. The van der Waals surface area contributed by atoms with Crippen molar-refractivity contribution in [1.82, 2.24) is 20.1 Å². The Labute approximate surface area is 218 Å². The van der Waals surface area contributed by atoms with Gasteiger partial charge in [-0.2, -0.15) is 0 Å². The van der Waals surface area contributed by atoms with Crippen LogP contribution in [0.5, 0.6) is 0 Å². The molecule has 3 heterocycles. The maximum Gasteiger partial charge on any atom is 0.256 e. The van der Waals surface area contributed by atoms with Gasteiger partial charge in [-0.05, 0) is 60.2 Å². The number of nitrogens with one attached hydrogen (secondary N) is 1. The van der Waals surface area contributed by atoms with Crippen LogP contribution in [0.4, 0.5) is 8.78 Å². The van der Waals surface area contributed by atoms with E-state index >= 15 is 0 Å². The molecule has 0 bridgehead atoms. The first-order chi connectivity index (χ1) is 18.4. The number of benzene rings is 2. The largest absolute Gasteiger partial charge is 0.353 e. The van der Waals surface area contributed by atoms with E-state index in [9.17, 15) is 23.2 Å². The first kappa shape index (κ1) is 25.5. The summed E-state index contributed by atoms with van der Waals surface area (Å²) in [5.74, 6) is -2.17. The zero-order valence-electron chi connectivity index (χ0n) is 20.5. The Bertz CT molecular complexity index is 1330. The third-order valence-electron chi connectivity index (χ3n) is 6.99. The number of piperidine rings is 1. The molecular weight excluding hydrogens is 494 g/mol. The van der Waals surface area contributed by atoms with Gasteiger partial charge >= 0.3 is 0 Å². The first-order valence-corrected chi connectivity index (χ1v) is 12.3. The van der Waals surface area contributed by atoms with Crippen LogP contribution in [0.2, 0.25) is 0 Å². The van der Waals surface area contributed by atoms with E-state index in [0.29, 0.717) is 5.56 Å². The molecule has 1 aromatic heterocycles. The Hall–Kier alpha value is -4.18. The molecule has 38 heavy (non-hydrogen) atoms. The fourth-order valence-electron chi connectivity index (χ4n) is 4.97. The second-order valence-electron chi connectivity index (χ2n) is 9.33. The summed E-state index contributed by atoms with van der Waals surface area (Å²) in [5.41, 5.74) is 0.168. The van der Waals surface area contributed by atoms with Crippen LogP contribution >= 0.6 is 0 Å². The quantitative estimate of drug-likeness (QED) is 0.558. The molecule has 8 nitrogen and oxygen atoms in total. The molecule has 1 spiro atoms. The summed E-state index contributed by atoms with van der Waals surface area (Å²) in [6.45, 7) is 0.727. The lowest BCUT2D eigenvalue weighted by molar-refractivity contribution is -0.128. The average Bonchev–Trinajstić information content (AvgIpc) is 3.30. The number of carbonyl (C=O) groups is 3. The van der Waals surface area contributed by atoms with Gasteiger partial charge in [0.2, 0.25) is 5.91 Å². The first-order valence-electron chi connectivity index (χ1n) is 12.3. The van der Waals surface area contributed by atoms with Crippen LogP contribution in [0, 0.1) is 11.6 Å². The summed E-state index contributed by atoms with van der Waals surface area (Å²) >= 11 is 0. The van der Waals surface area contributed by atoms with Crippen LogP contribution in [0.3, 0.4) is 0 Å². The van der Waals surface area contributed by atoms with Crippen molar-refractivity contribution < 1.29 is 27.9 Å². The van der Waals surface area contributed by atoms with Gasteiger partial charge in [-0.15, -0.1) is 0 Å². The van der Waals surface area contributed by atoms with E-state index in [2.05, 4.69) is 10.3 Å². The van der Waals surface area contributed by atoms with Crippen molar-refractivity contribution in [3.8, 4) is 0 Å². The summed E-state index contributed by atoms with van der Waals surface area (Å²) in [6, 6.07) is 13.2. The predicted molar refractivity (Wildman–Crippen MR) is 133 cm³/mol. The molecule has 0 radical (unpaired) electrons. The summed E-state index contributed by atoms with van der Waals surface area (Å²) < 4.78 is 33.4. The fourth-order valence-corrected chi connectivity index (χ4v) is 4.97. The summed E-state index contributed by atoms with van der Waals surface area (Å²) in [7, 11) is 0. The number of hydrogen-bond acceptors (Lipinski definition) is 5. The number of aromatic nitrogens is 1. The molecule has 2 saturated heterocycles. The van der Waals surface area contributed by atoms with Gasteiger partial charge in [0.25, 0.3) is 11.8 Å². The van der Waals surface area contributed by atoms with E-state index < -0.39 is 35.2 Å². The number of hydrogen-bond donors (Lipinski definition) is 1. The zero-order chi connectivity index (χ0) is 26.7. The third-order valence-corrected chi connectivity index (χ3v) is 6.99. The molecule has 0 saturated carbocycles. The second kappa shape index (κ2) is 10.7. The summed E-state index contributed by atoms with van der Waals surface area (Å²) in [6.07, 6.45) is 3.76. The van der Waals surface area contributed by atoms with E-state index in [4.69, 9.17) is 4.74 Å². The lowest BCUT2D eigenvalue weighted by Crippen LogP contribution is -2.59. The van der Waals surface area contributed by atoms with Crippen molar-refractivity contribution in [3.63, 3.8) is 0 Å². The van der Waals surface area contributed by atoms with E-state index in [1.54, 1.807) is 29.4 Å². The van der Waals surface area contributed by atoms with Crippen molar-refractivity contribution in [3.05, 3.63) is 101 Å². The molecule has 1 unspecified atom stereocenters. The average molecular weight is 521 g/mol. The molecule has 3 amide bonds. The summed E-state index contributed by atoms with van der Waals surface area (Å²) in [5, 5.41) is 2.85. The molecule has 2 aromatic carbocycles. The van der Waals surface area contributed by atoms with Gasteiger partial charge in [0.05, 0.1) is 6.61 Å². The Balaban J connectivity index is 1.36. The van der Waals surface area contributed by atoms with Crippen molar-refractivity contribution in [2.45, 2.75) is 31.2 Å². The van der Waals surface area contributed by atoms with Crippen molar-refractivity contribution in [2.24, 2.45) is 0 Å². The molecule has 1 N–H and O–H groups in total. The van der Waals surface area contributed by atoms with Gasteiger partial charge in [-0.3, -0.25) is 24.3 Å². The van der Waals surface area contributed by atoms with Gasteiger partial charge in [-0.25, -0.2) is 8.78 Å². The highest BCUT2D eigenvalue weighted by molar-refractivity contribution is 5.98.